The van der Waals surface area contributed by atoms with E-state index in [9.17, 15) is 24.3 Å². The Balaban J connectivity index is 1.58. The lowest BCUT2D eigenvalue weighted by Gasteiger charge is -2.40. The van der Waals surface area contributed by atoms with Crippen LogP contribution >= 0.6 is 0 Å². The van der Waals surface area contributed by atoms with E-state index in [0.29, 0.717) is 45.0 Å². The number of hydrogen-bond acceptors (Lipinski definition) is 7. The van der Waals surface area contributed by atoms with Gasteiger partial charge in [0, 0.05) is 70.9 Å². The number of carboxylic acid groups (broad SMARTS) is 1. The zero-order valence-corrected chi connectivity index (χ0v) is 24.3. The summed E-state index contributed by atoms with van der Waals surface area (Å²) >= 11 is 0. The summed E-state index contributed by atoms with van der Waals surface area (Å²) in [5, 5.41) is 9.02. The van der Waals surface area contributed by atoms with Gasteiger partial charge in [0.05, 0.1) is 28.5 Å². The van der Waals surface area contributed by atoms with E-state index in [1.807, 2.05) is 18.7 Å². The molecule has 13 heteroatoms. The van der Waals surface area contributed by atoms with Crippen molar-refractivity contribution in [1.29, 1.82) is 0 Å². The second-order valence-corrected chi connectivity index (χ2v) is 11.0. The van der Waals surface area contributed by atoms with Crippen LogP contribution in [0.25, 0.3) is 16.6 Å². The van der Waals surface area contributed by atoms with Gasteiger partial charge in [-0.05, 0) is 44.2 Å². The molecule has 2 amide bonds. The van der Waals surface area contributed by atoms with Crippen LogP contribution in [-0.2, 0) is 9.59 Å². The third-order valence-corrected chi connectivity index (χ3v) is 8.20. The lowest BCUT2D eigenvalue weighted by atomic mass is 10.1. The van der Waals surface area contributed by atoms with Crippen LogP contribution in [0.1, 0.15) is 27.7 Å². The Hall–Kier alpha value is -4.68. The molecule has 0 aliphatic carbocycles. The van der Waals surface area contributed by atoms with Gasteiger partial charge in [0.15, 0.2) is 5.75 Å². The molecule has 0 spiro atoms. The summed E-state index contributed by atoms with van der Waals surface area (Å²) in [7, 11) is 0. The summed E-state index contributed by atoms with van der Waals surface area (Å²) < 4.78 is 37.3. The van der Waals surface area contributed by atoms with Crippen LogP contribution in [-0.4, -0.2) is 88.8 Å². The average Bonchev–Trinajstić information content (AvgIpc) is 2.94. The maximum absolute atomic E-state index is 15.9. The van der Waals surface area contributed by atoms with Crippen molar-refractivity contribution >= 4 is 40.2 Å². The van der Waals surface area contributed by atoms with Crippen LogP contribution in [0.5, 0.6) is 5.75 Å². The highest BCUT2D eigenvalue weighted by Gasteiger charge is 2.29. The minimum atomic E-state index is -1.74. The Labute approximate surface area is 246 Å². The predicted molar refractivity (Wildman–Crippen MR) is 156 cm³/mol. The van der Waals surface area contributed by atoms with Gasteiger partial charge in [-0.2, -0.15) is 0 Å². The van der Waals surface area contributed by atoms with Crippen LogP contribution in [0, 0.1) is 11.6 Å². The van der Waals surface area contributed by atoms with Crippen LogP contribution in [0.4, 0.5) is 25.0 Å². The molecule has 5 rings (SSSR count). The average molecular weight is 598 g/mol. The van der Waals surface area contributed by atoms with E-state index in [-0.39, 0.29) is 46.2 Å². The number of piperazine rings is 2. The topological polar surface area (TPSA) is 116 Å². The Morgan fingerprint density at radius 1 is 0.837 bits per heavy atom. The van der Waals surface area contributed by atoms with Gasteiger partial charge in [0.1, 0.15) is 11.6 Å². The fourth-order valence-electron chi connectivity index (χ4n) is 6.11. The van der Waals surface area contributed by atoms with Gasteiger partial charge in [0.2, 0.25) is 17.2 Å². The molecular weight excluding hydrogens is 564 g/mol. The summed E-state index contributed by atoms with van der Waals surface area (Å²) in [6.45, 7) is 9.34. The van der Waals surface area contributed by atoms with E-state index >= 15 is 8.78 Å². The van der Waals surface area contributed by atoms with Crippen molar-refractivity contribution in [2.45, 2.75) is 39.8 Å². The first-order chi connectivity index (χ1) is 20.3. The van der Waals surface area contributed by atoms with E-state index in [0.717, 1.165) is 12.3 Å². The molecule has 43 heavy (non-hydrogen) atoms. The zero-order valence-electron chi connectivity index (χ0n) is 24.3. The molecule has 2 saturated heterocycles. The van der Waals surface area contributed by atoms with Gasteiger partial charge < -0.3 is 34.0 Å². The number of carbonyl (C=O) groups excluding carboxylic acids is 2. The minimum Gasteiger partial charge on any atom is -0.449 e. The number of anilines is 2. The first kappa shape index (κ1) is 29.8. The fraction of sp³-hybridized carbons (Fsp3) is 0.400. The molecule has 3 heterocycles. The lowest BCUT2D eigenvalue weighted by molar-refractivity contribution is -0.132. The number of fused-ring (bicyclic) bond motifs is 1. The highest BCUT2D eigenvalue weighted by atomic mass is 19.1. The molecule has 11 nitrogen and oxygen atoms in total. The molecular formula is C30H33F2N5O6. The van der Waals surface area contributed by atoms with E-state index < -0.39 is 29.0 Å². The van der Waals surface area contributed by atoms with Gasteiger partial charge in [-0.25, -0.2) is 13.6 Å². The van der Waals surface area contributed by atoms with Crippen molar-refractivity contribution < 1.29 is 33.0 Å². The first-order valence-corrected chi connectivity index (χ1v) is 14.0. The third kappa shape index (κ3) is 5.71. The van der Waals surface area contributed by atoms with Crippen molar-refractivity contribution in [3.8, 4) is 11.4 Å². The van der Waals surface area contributed by atoms with Crippen LogP contribution in [0.2, 0.25) is 0 Å². The van der Waals surface area contributed by atoms with Gasteiger partial charge in [-0.3, -0.25) is 14.4 Å². The molecule has 2 atom stereocenters. The Kier molecular flexibility index (Phi) is 8.00. The summed E-state index contributed by atoms with van der Waals surface area (Å²) in [6, 6.07) is 6.70. The molecule has 2 fully saturated rings. The monoisotopic (exact) mass is 597 g/mol. The maximum Gasteiger partial charge on any atom is 0.511 e. The number of benzene rings is 2. The van der Waals surface area contributed by atoms with Crippen molar-refractivity contribution in [3.05, 3.63) is 58.4 Å². The Morgan fingerprint density at radius 2 is 1.42 bits per heavy atom. The molecule has 2 aliphatic heterocycles. The minimum absolute atomic E-state index is 0.00765. The molecule has 0 bridgehead atoms. The van der Waals surface area contributed by atoms with Crippen LogP contribution in [0.15, 0.2) is 41.3 Å². The Bertz CT molecular complexity index is 1680. The normalized spacial score (nSPS) is 19.1. The molecule has 3 aromatic rings. The molecule has 0 saturated carbocycles. The maximum atomic E-state index is 15.9. The summed E-state index contributed by atoms with van der Waals surface area (Å²) in [5.41, 5.74) is 0.0378. The number of carbonyl (C=O) groups is 3. The highest BCUT2D eigenvalue weighted by molar-refractivity contribution is 5.86. The molecule has 228 valence electrons. The second-order valence-electron chi connectivity index (χ2n) is 11.0. The van der Waals surface area contributed by atoms with Gasteiger partial charge in [-0.15, -0.1) is 0 Å². The summed E-state index contributed by atoms with van der Waals surface area (Å²) in [5.74, 6) is -2.10. The number of aromatic nitrogens is 1. The van der Waals surface area contributed by atoms with Gasteiger partial charge in [0.25, 0.3) is 0 Å². The number of ether oxygens (including phenoxy) is 1. The Morgan fingerprint density at radius 3 is 1.98 bits per heavy atom. The second kappa shape index (κ2) is 11.5. The number of halogens is 2. The predicted octanol–water partition coefficient (Wildman–Crippen LogP) is 3.44. The molecule has 1 aromatic heterocycles. The third-order valence-electron chi connectivity index (χ3n) is 8.20. The molecule has 1 N–H and O–H groups in total. The number of nitrogens with zero attached hydrogens (tertiary/aromatic N) is 5. The number of amides is 2. The van der Waals surface area contributed by atoms with Crippen LogP contribution in [0.3, 0.4) is 0 Å². The highest BCUT2D eigenvalue weighted by Crippen LogP contribution is 2.32. The smallest absolute Gasteiger partial charge is 0.449 e. The van der Waals surface area contributed by atoms with Crippen LogP contribution < -0.4 is 20.0 Å². The van der Waals surface area contributed by atoms with E-state index in [1.165, 1.54) is 36.6 Å². The zero-order chi connectivity index (χ0) is 31.2. The largest absolute Gasteiger partial charge is 0.511 e. The molecule has 2 aliphatic rings. The molecule has 2 unspecified atom stereocenters. The fourth-order valence-corrected chi connectivity index (χ4v) is 6.11. The van der Waals surface area contributed by atoms with Crippen molar-refractivity contribution in [2.75, 3.05) is 49.1 Å². The quantitative estimate of drug-likeness (QED) is 0.455. The number of hydrogen-bond donors (Lipinski definition) is 1. The standard InChI is InChI=1S/C30H33F2N5O6/c1-17-14-33(7-9-35(17)19(3)38)21-5-6-25(23(31)11-21)37-16-28(43-30(41)42)29(40)22-12-24(32)27(13-26(22)37)34-8-10-36(20(4)39)18(2)15-34/h5-6,11-13,16-18H,7-10,14-15H2,1-4H3,(H,41,42). The van der Waals surface area contributed by atoms with Crippen molar-refractivity contribution in [2.24, 2.45) is 0 Å². The molecule has 2 aromatic carbocycles. The first-order valence-electron chi connectivity index (χ1n) is 14.0. The van der Waals surface area contributed by atoms with Gasteiger partial charge >= 0.3 is 6.16 Å². The van der Waals surface area contributed by atoms with Crippen molar-refractivity contribution in [1.82, 2.24) is 14.4 Å². The van der Waals surface area contributed by atoms with E-state index in [1.54, 1.807) is 20.8 Å². The van der Waals surface area contributed by atoms with Gasteiger partial charge in [-0.1, -0.05) is 0 Å². The van der Waals surface area contributed by atoms with E-state index in [4.69, 9.17) is 4.74 Å². The SMILES string of the molecule is CC(=O)N1CCN(c2ccc(-n3cc(OC(=O)O)c(=O)c4cc(F)c(N5CCN(C(C)=O)C(C)C5)cc43)c(F)c2)CC1C. The van der Waals surface area contributed by atoms with Crippen molar-refractivity contribution in [3.63, 3.8) is 0 Å². The summed E-state index contributed by atoms with van der Waals surface area (Å²) in [4.78, 5) is 55.5. The number of rotatable bonds is 4. The summed E-state index contributed by atoms with van der Waals surface area (Å²) in [6.07, 6.45) is -0.658. The molecule has 0 radical (unpaired) electrons. The number of pyridine rings is 1. The lowest BCUT2D eigenvalue weighted by Crippen LogP contribution is -2.53. The van der Waals surface area contributed by atoms with E-state index in [2.05, 4.69) is 0 Å².